The van der Waals surface area contributed by atoms with Crippen LogP contribution in [0.25, 0.3) is 11.0 Å². The highest BCUT2D eigenvalue weighted by Gasteiger charge is 2.15. The van der Waals surface area contributed by atoms with Crippen molar-refractivity contribution >= 4 is 11.0 Å². The van der Waals surface area contributed by atoms with Crippen LogP contribution >= 0.6 is 0 Å². The smallest absolute Gasteiger partial charge is 0.251 e. The molecule has 5 rings (SSSR count). The van der Waals surface area contributed by atoms with Crippen molar-refractivity contribution in [2.45, 2.75) is 51.6 Å². The lowest BCUT2D eigenvalue weighted by Gasteiger charge is -2.19. The van der Waals surface area contributed by atoms with Crippen LogP contribution in [-0.4, -0.2) is 41.4 Å². The molecular formula is C28H34N4O4. The van der Waals surface area contributed by atoms with Crippen molar-refractivity contribution in [3.63, 3.8) is 0 Å². The van der Waals surface area contributed by atoms with Crippen LogP contribution in [0.15, 0.2) is 53.1 Å². The largest absolute Gasteiger partial charge is 0.495 e. The molecule has 0 spiro atoms. The van der Waals surface area contributed by atoms with Gasteiger partial charge in [0.15, 0.2) is 11.5 Å². The van der Waals surface area contributed by atoms with E-state index in [1.807, 2.05) is 16.7 Å². The molecule has 190 valence electrons. The summed E-state index contributed by atoms with van der Waals surface area (Å²) in [6.45, 7) is 3.54. The molecule has 36 heavy (non-hydrogen) atoms. The van der Waals surface area contributed by atoms with Gasteiger partial charge in [-0.15, -0.1) is 0 Å². The normalized spacial score (nSPS) is 17.5. The van der Waals surface area contributed by atoms with Crippen LogP contribution in [0.5, 0.6) is 17.2 Å². The number of rotatable bonds is 9. The van der Waals surface area contributed by atoms with E-state index in [9.17, 15) is 4.79 Å². The Labute approximate surface area is 211 Å². The highest BCUT2D eigenvalue weighted by atomic mass is 16.6. The molecule has 0 fully saturated rings. The van der Waals surface area contributed by atoms with Crippen LogP contribution in [0.1, 0.15) is 44.2 Å². The number of pyridine rings is 3. The zero-order chi connectivity index (χ0) is 24.7. The van der Waals surface area contributed by atoms with Gasteiger partial charge in [-0.1, -0.05) is 11.6 Å². The fourth-order valence-corrected chi connectivity index (χ4v) is 5.03. The number of aromatic nitrogens is 3. The molecule has 1 unspecified atom stereocenters. The Balaban J connectivity index is 1.11. The Morgan fingerprint density at radius 1 is 1.14 bits per heavy atom. The minimum absolute atomic E-state index is 0.00559. The van der Waals surface area contributed by atoms with Crippen LogP contribution in [0.2, 0.25) is 0 Å². The van der Waals surface area contributed by atoms with E-state index in [-0.39, 0.29) is 5.56 Å². The first-order valence-corrected chi connectivity index (χ1v) is 12.9. The predicted octanol–water partition coefficient (Wildman–Crippen LogP) is 4.26. The van der Waals surface area contributed by atoms with Gasteiger partial charge in [-0.3, -0.25) is 14.8 Å². The van der Waals surface area contributed by atoms with Crippen LogP contribution in [0.4, 0.5) is 0 Å². The second-order valence-corrected chi connectivity index (χ2v) is 9.51. The van der Waals surface area contributed by atoms with Crippen molar-refractivity contribution < 1.29 is 14.2 Å². The lowest BCUT2D eigenvalue weighted by molar-refractivity contribution is 0.170. The maximum atomic E-state index is 12.5. The number of ether oxygens (including phenoxy) is 3. The number of allylic oxidation sites excluding steroid dienone is 2. The Kier molecular flexibility index (Phi) is 7.81. The van der Waals surface area contributed by atoms with Crippen molar-refractivity contribution in [3.05, 3.63) is 64.4 Å². The molecule has 1 aliphatic heterocycles. The molecule has 1 aliphatic carbocycles. The van der Waals surface area contributed by atoms with E-state index in [2.05, 4.69) is 21.4 Å². The number of nitrogens with one attached hydrogen (secondary N) is 1. The third-order valence-corrected chi connectivity index (χ3v) is 7.00. The number of fused-ring (bicyclic) bond motifs is 2. The third-order valence-electron chi connectivity index (χ3n) is 7.00. The van der Waals surface area contributed by atoms with Gasteiger partial charge in [0.2, 0.25) is 0 Å². The number of nitrogens with zero attached hydrogens (tertiary/aromatic N) is 3. The molecule has 0 bridgehead atoms. The Hall–Kier alpha value is -3.39. The molecule has 3 aromatic rings. The van der Waals surface area contributed by atoms with E-state index < -0.39 is 0 Å². The number of aryl methyl sites for hydroxylation is 1. The molecule has 2 aliphatic rings. The fraction of sp³-hybridized carbons (Fsp3) is 0.464. The van der Waals surface area contributed by atoms with Crippen molar-refractivity contribution in [3.8, 4) is 17.2 Å². The van der Waals surface area contributed by atoms with Gasteiger partial charge in [0.1, 0.15) is 19.0 Å². The summed E-state index contributed by atoms with van der Waals surface area (Å²) < 4.78 is 18.3. The average molecular weight is 491 g/mol. The van der Waals surface area contributed by atoms with Crippen molar-refractivity contribution in [2.75, 3.05) is 26.9 Å². The Bertz CT molecular complexity index is 1290. The van der Waals surface area contributed by atoms with E-state index >= 15 is 0 Å². The number of hydrogen-bond acceptors (Lipinski definition) is 7. The molecule has 0 amide bonds. The minimum Gasteiger partial charge on any atom is -0.495 e. The Morgan fingerprint density at radius 3 is 2.92 bits per heavy atom. The zero-order valence-corrected chi connectivity index (χ0v) is 20.9. The first-order chi connectivity index (χ1) is 17.7. The van der Waals surface area contributed by atoms with Crippen LogP contribution in [0.3, 0.4) is 0 Å². The lowest BCUT2D eigenvalue weighted by Crippen LogP contribution is -2.23. The van der Waals surface area contributed by atoms with Gasteiger partial charge in [0.25, 0.3) is 5.56 Å². The molecule has 0 radical (unpaired) electrons. The van der Waals surface area contributed by atoms with Gasteiger partial charge in [0, 0.05) is 31.3 Å². The quantitative estimate of drug-likeness (QED) is 0.449. The topological polar surface area (TPSA) is 87.5 Å². The molecule has 4 heterocycles. The fourth-order valence-electron chi connectivity index (χ4n) is 5.03. The van der Waals surface area contributed by atoms with Gasteiger partial charge >= 0.3 is 0 Å². The van der Waals surface area contributed by atoms with E-state index in [1.54, 1.807) is 31.6 Å². The first kappa shape index (κ1) is 24.3. The summed E-state index contributed by atoms with van der Waals surface area (Å²) in [7, 11) is 1.62. The van der Waals surface area contributed by atoms with Crippen molar-refractivity contribution in [1.82, 2.24) is 19.9 Å². The van der Waals surface area contributed by atoms with Gasteiger partial charge in [-0.2, -0.15) is 0 Å². The first-order valence-electron chi connectivity index (χ1n) is 12.9. The highest BCUT2D eigenvalue weighted by molar-refractivity contribution is 5.75. The molecule has 8 nitrogen and oxygen atoms in total. The lowest BCUT2D eigenvalue weighted by atomic mass is 10.0. The second kappa shape index (κ2) is 11.6. The van der Waals surface area contributed by atoms with Crippen molar-refractivity contribution in [2.24, 2.45) is 5.92 Å². The van der Waals surface area contributed by atoms with E-state index in [4.69, 9.17) is 14.2 Å². The molecular weight excluding hydrogens is 456 g/mol. The second-order valence-electron chi connectivity index (χ2n) is 9.51. The van der Waals surface area contributed by atoms with E-state index in [0.717, 1.165) is 67.0 Å². The molecule has 1 N–H and O–H groups in total. The van der Waals surface area contributed by atoms with Crippen molar-refractivity contribution in [1.29, 1.82) is 0 Å². The Morgan fingerprint density at radius 2 is 2.03 bits per heavy atom. The van der Waals surface area contributed by atoms with Gasteiger partial charge in [-0.05, 0) is 57.1 Å². The molecule has 3 aromatic heterocycles. The average Bonchev–Trinajstić information content (AvgIpc) is 3.14. The number of methoxy groups -OCH3 is 1. The molecule has 0 aromatic carbocycles. The maximum absolute atomic E-state index is 12.5. The van der Waals surface area contributed by atoms with E-state index in [1.165, 1.54) is 18.4 Å². The number of hydrogen-bond donors (Lipinski definition) is 1. The third kappa shape index (κ3) is 5.87. The summed E-state index contributed by atoms with van der Waals surface area (Å²) in [5.41, 5.74) is 4.13. The van der Waals surface area contributed by atoms with Crippen LogP contribution in [0, 0.1) is 5.92 Å². The molecule has 0 saturated heterocycles. The molecule has 0 saturated carbocycles. The monoisotopic (exact) mass is 490 g/mol. The minimum atomic E-state index is 0.00559. The predicted molar refractivity (Wildman–Crippen MR) is 139 cm³/mol. The summed E-state index contributed by atoms with van der Waals surface area (Å²) in [5.74, 6) is 2.81. The van der Waals surface area contributed by atoms with Gasteiger partial charge in [-0.25, -0.2) is 0 Å². The standard InChI is InChI=1S/C28H34N4O4/c1-34-23-15-25-24(31-18-23)9-10-28(33)32(25)11-3-6-20-4-2-5-21(8-7-20)16-29-17-22-14-26-27(19-30-22)36-13-12-35-26/h7,9-10,14-15,18-19,21,29H,2-6,8,11-13,16-17H2,1H3. The molecule has 1 atom stereocenters. The summed E-state index contributed by atoms with van der Waals surface area (Å²) in [6.07, 6.45) is 12.5. The zero-order valence-electron chi connectivity index (χ0n) is 20.9. The highest BCUT2D eigenvalue weighted by Crippen LogP contribution is 2.29. The SMILES string of the molecule is COc1cnc2ccc(=O)n(CCCC3=CCC(CNCc4cc5c(cn4)OCCO5)CCC3)c2c1. The summed E-state index contributed by atoms with van der Waals surface area (Å²) in [6, 6.07) is 7.25. The van der Waals surface area contributed by atoms with Crippen LogP contribution in [-0.2, 0) is 13.1 Å². The van der Waals surface area contributed by atoms with Crippen LogP contribution < -0.4 is 25.1 Å². The van der Waals surface area contributed by atoms with Gasteiger partial charge < -0.3 is 24.1 Å². The summed E-state index contributed by atoms with van der Waals surface area (Å²) >= 11 is 0. The summed E-state index contributed by atoms with van der Waals surface area (Å²) in [4.78, 5) is 21.4. The van der Waals surface area contributed by atoms with E-state index in [0.29, 0.717) is 31.4 Å². The molecule has 8 heteroatoms. The van der Waals surface area contributed by atoms with Gasteiger partial charge in [0.05, 0.1) is 36.2 Å². The maximum Gasteiger partial charge on any atom is 0.251 e. The summed E-state index contributed by atoms with van der Waals surface area (Å²) in [5, 5.41) is 3.58.